The Bertz CT molecular complexity index is 529. The van der Waals surface area contributed by atoms with Crippen molar-refractivity contribution in [1.29, 1.82) is 0 Å². The molecule has 5 heteroatoms. The lowest BCUT2D eigenvalue weighted by Gasteiger charge is -2.30. The molecule has 1 heterocycles. The molecule has 0 unspecified atom stereocenters. The molecule has 1 aliphatic rings. The van der Waals surface area contributed by atoms with Crippen molar-refractivity contribution in [2.75, 3.05) is 32.1 Å². The van der Waals surface area contributed by atoms with Gasteiger partial charge in [-0.25, -0.2) is 0 Å². The standard InChI is InChI=1S/C17H24N2O3/c1-12-5-4-6-13(2)16(12)18-15(20)11-19-9-7-14(8-10-19)17(21)22-3/h4-6,14H,7-11H2,1-3H3,(H,18,20). The highest BCUT2D eigenvalue weighted by Gasteiger charge is 2.26. The van der Waals surface area contributed by atoms with Crippen LogP contribution < -0.4 is 5.32 Å². The molecular weight excluding hydrogens is 280 g/mol. The number of carbonyl (C=O) groups excluding carboxylic acids is 2. The largest absolute Gasteiger partial charge is 0.469 e. The maximum atomic E-state index is 12.2. The lowest BCUT2D eigenvalue weighted by Crippen LogP contribution is -2.41. The Morgan fingerprint density at radius 3 is 2.36 bits per heavy atom. The number of hydrogen-bond acceptors (Lipinski definition) is 4. The van der Waals surface area contributed by atoms with Crippen LogP contribution >= 0.6 is 0 Å². The van der Waals surface area contributed by atoms with Gasteiger partial charge >= 0.3 is 5.97 Å². The van der Waals surface area contributed by atoms with Gasteiger partial charge in [0.2, 0.25) is 5.91 Å². The van der Waals surface area contributed by atoms with Gasteiger partial charge in [0.1, 0.15) is 0 Å². The Morgan fingerprint density at radius 2 is 1.82 bits per heavy atom. The number of esters is 1. The van der Waals surface area contributed by atoms with E-state index in [1.54, 1.807) is 0 Å². The van der Waals surface area contributed by atoms with E-state index in [0.29, 0.717) is 6.54 Å². The molecule has 2 rings (SSSR count). The summed E-state index contributed by atoms with van der Waals surface area (Å²) in [6, 6.07) is 5.97. The Morgan fingerprint density at radius 1 is 1.23 bits per heavy atom. The molecule has 0 bridgehead atoms. The molecular formula is C17H24N2O3. The number of piperidine rings is 1. The minimum atomic E-state index is -0.139. The van der Waals surface area contributed by atoms with Gasteiger partial charge in [-0.05, 0) is 50.9 Å². The van der Waals surface area contributed by atoms with E-state index >= 15 is 0 Å². The number of anilines is 1. The molecule has 22 heavy (non-hydrogen) atoms. The molecule has 1 N–H and O–H groups in total. The average molecular weight is 304 g/mol. The van der Waals surface area contributed by atoms with E-state index in [9.17, 15) is 9.59 Å². The first-order chi connectivity index (χ1) is 10.5. The van der Waals surface area contributed by atoms with Gasteiger partial charge in [-0.1, -0.05) is 18.2 Å². The third kappa shape index (κ3) is 4.07. The molecule has 1 fully saturated rings. The minimum Gasteiger partial charge on any atom is -0.469 e. The smallest absolute Gasteiger partial charge is 0.308 e. The molecule has 1 aromatic carbocycles. The zero-order valence-electron chi connectivity index (χ0n) is 13.5. The van der Waals surface area contributed by atoms with E-state index in [2.05, 4.69) is 10.2 Å². The first-order valence-electron chi connectivity index (χ1n) is 7.67. The predicted molar refractivity (Wildman–Crippen MR) is 85.7 cm³/mol. The molecule has 0 saturated carbocycles. The fourth-order valence-corrected chi connectivity index (χ4v) is 2.89. The fraction of sp³-hybridized carbons (Fsp3) is 0.529. The minimum absolute atomic E-state index is 0.00563. The Kier molecular flexibility index (Phi) is 5.55. The summed E-state index contributed by atoms with van der Waals surface area (Å²) in [5, 5.41) is 3.00. The van der Waals surface area contributed by atoms with Crippen molar-refractivity contribution in [2.45, 2.75) is 26.7 Å². The SMILES string of the molecule is COC(=O)C1CCN(CC(=O)Nc2c(C)cccc2C)CC1. The van der Waals surface area contributed by atoms with Crippen LogP contribution in [0.1, 0.15) is 24.0 Å². The third-order valence-corrected chi connectivity index (χ3v) is 4.23. The number of amides is 1. The van der Waals surface area contributed by atoms with E-state index in [4.69, 9.17) is 4.74 Å². The summed E-state index contributed by atoms with van der Waals surface area (Å²) >= 11 is 0. The molecule has 0 aliphatic carbocycles. The number of rotatable bonds is 4. The Balaban J connectivity index is 1.85. The van der Waals surface area contributed by atoms with Crippen molar-refractivity contribution in [3.63, 3.8) is 0 Å². The summed E-state index contributed by atoms with van der Waals surface area (Å²) in [7, 11) is 1.42. The number of ether oxygens (including phenoxy) is 1. The lowest BCUT2D eigenvalue weighted by atomic mass is 9.97. The highest BCUT2D eigenvalue weighted by molar-refractivity contribution is 5.93. The number of aryl methyl sites for hydroxylation is 2. The van der Waals surface area contributed by atoms with Gasteiger partial charge in [0, 0.05) is 5.69 Å². The number of likely N-dealkylation sites (tertiary alicyclic amines) is 1. The van der Waals surface area contributed by atoms with Crippen LogP contribution in [0.2, 0.25) is 0 Å². The molecule has 5 nitrogen and oxygen atoms in total. The van der Waals surface area contributed by atoms with Crippen molar-refractivity contribution < 1.29 is 14.3 Å². The zero-order chi connectivity index (χ0) is 16.1. The van der Waals surface area contributed by atoms with Gasteiger partial charge < -0.3 is 10.1 Å². The Hall–Kier alpha value is -1.88. The zero-order valence-corrected chi connectivity index (χ0v) is 13.5. The van der Waals surface area contributed by atoms with E-state index in [1.165, 1.54) is 7.11 Å². The number of nitrogens with one attached hydrogen (secondary N) is 1. The number of nitrogens with zero attached hydrogens (tertiary/aromatic N) is 1. The molecule has 1 saturated heterocycles. The summed E-state index contributed by atoms with van der Waals surface area (Å²) in [5.74, 6) is -0.170. The number of hydrogen-bond donors (Lipinski definition) is 1. The monoisotopic (exact) mass is 304 g/mol. The Labute approximate surface area is 131 Å². The van der Waals surface area contributed by atoms with Gasteiger partial charge in [-0.2, -0.15) is 0 Å². The fourth-order valence-electron chi connectivity index (χ4n) is 2.89. The summed E-state index contributed by atoms with van der Waals surface area (Å²) in [5.41, 5.74) is 3.03. The van der Waals surface area contributed by atoms with Gasteiger partial charge in [-0.15, -0.1) is 0 Å². The molecule has 0 spiro atoms. The van der Waals surface area contributed by atoms with E-state index in [1.807, 2.05) is 32.0 Å². The second kappa shape index (κ2) is 7.40. The van der Waals surface area contributed by atoms with E-state index in [-0.39, 0.29) is 17.8 Å². The second-order valence-corrected chi connectivity index (χ2v) is 5.89. The highest BCUT2D eigenvalue weighted by Crippen LogP contribution is 2.20. The van der Waals surface area contributed by atoms with E-state index in [0.717, 1.165) is 42.7 Å². The topological polar surface area (TPSA) is 58.6 Å². The van der Waals surface area contributed by atoms with Gasteiger partial charge in [-0.3, -0.25) is 14.5 Å². The van der Waals surface area contributed by atoms with Crippen LogP contribution in [0.15, 0.2) is 18.2 Å². The summed E-state index contributed by atoms with van der Waals surface area (Å²) in [4.78, 5) is 25.8. The first-order valence-corrected chi connectivity index (χ1v) is 7.67. The lowest BCUT2D eigenvalue weighted by molar-refractivity contribution is -0.147. The van der Waals surface area contributed by atoms with Crippen molar-refractivity contribution in [3.05, 3.63) is 29.3 Å². The molecule has 1 amide bonds. The summed E-state index contributed by atoms with van der Waals surface area (Å²) in [6.45, 7) is 5.84. The maximum Gasteiger partial charge on any atom is 0.308 e. The third-order valence-electron chi connectivity index (χ3n) is 4.23. The van der Waals surface area contributed by atoms with Gasteiger partial charge in [0.25, 0.3) is 0 Å². The molecule has 0 atom stereocenters. The molecule has 1 aromatic rings. The van der Waals surface area contributed by atoms with Gasteiger partial charge in [0.15, 0.2) is 0 Å². The first kappa shape index (κ1) is 16.5. The van der Waals surface area contributed by atoms with Crippen LogP contribution in [-0.4, -0.2) is 43.5 Å². The van der Waals surface area contributed by atoms with Crippen LogP contribution in [0.4, 0.5) is 5.69 Å². The highest BCUT2D eigenvalue weighted by atomic mass is 16.5. The molecule has 0 radical (unpaired) electrons. The second-order valence-electron chi connectivity index (χ2n) is 5.89. The average Bonchev–Trinajstić information content (AvgIpc) is 2.51. The van der Waals surface area contributed by atoms with Crippen LogP contribution in [-0.2, 0) is 14.3 Å². The van der Waals surface area contributed by atoms with Gasteiger partial charge in [0.05, 0.1) is 19.6 Å². The number of benzene rings is 1. The van der Waals surface area contributed by atoms with Crippen LogP contribution in [0.5, 0.6) is 0 Å². The molecule has 1 aliphatic heterocycles. The summed E-state index contributed by atoms with van der Waals surface area (Å²) < 4.78 is 4.77. The van der Waals surface area contributed by atoms with Crippen molar-refractivity contribution in [1.82, 2.24) is 4.90 Å². The maximum absolute atomic E-state index is 12.2. The number of methoxy groups -OCH3 is 1. The van der Waals surface area contributed by atoms with Crippen molar-refractivity contribution >= 4 is 17.6 Å². The molecule has 120 valence electrons. The summed E-state index contributed by atoms with van der Waals surface area (Å²) in [6.07, 6.45) is 1.51. The predicted octanol–water partition coefficient (Wildman–Crippen LogP) is 2.13. The molecule has 0 aromatic heterocycles. The normalized spacial score (nSPS) is 16.3. The number of para-hydroxylation sites is 1. The quantitative estimate of drug-likeness (QED) is 0.866. The van der Waals surface area contributed by atoms with Crippen LogP contribution in [0.3, 0.4) is 0 Å². The number of carbonyl (C=O) groups is 2. The van der Waals surface area contributed by atoms with Crippen molar-refractivity contribution in [3.8, 4) is 0 Å². The van der Waals surface area contributed by atoms with Crippen LogP contribution in [0.25, 0.3) is 0 Å². The van der Waals surface area contributed by atoms with E-state index < -0.39 is 0 Å². The van der Waals surface area contributed by atoms with Crippen molar-refractivity contribution in [2.24, 2.45) is 5.92 Å². The van der Waals surface area contributed by atoms with Crippen LogP contribution in [0, 0.1) is 19.8 Å².